The van der Waals surface area contributed by atoms with Crippen molar-refractivity contribution in [1.29, 1.82) is 0 Å². The molecule has 1 atom stereocenters. The molecule has 2 aromatic heterocycles. The molecule has 3 heterocycles. The van der Waals surface area contributed by atoms with Gasteiger partial charge in [0.05, 0.1) is 36.5 Å². The summed E-state index contributed by atoms with van der Waals surface area (Å²) in [5.41, 5.74) is 0.485. The second-order valence-electron chi connectivity index (χ2n) is 4.78. The van der Waals surface area contributed by atoms with Crippen LogP contribution in [0.15, 0.2) is 24.9 Å². The number of imidazole rings is 1. The van der Waals surface area contributed by atoms with Crippen LogP contribution in [-0.2, 0) is 0 Å². The van der Waals surface area contributed by atoms with Crippen molar-refractivity contribution < 1.29 is 9.53 Å². The van der Waals surface area contributed by atoms with E-state index in [9.17, 15) is 4.79 Å². The number of halogens is 1. The lowest BCUT2D eigenvalue weighted by Gasteiger charge is -2.31. The molecule has 1 unspecified atom stereocenters. The number of hydrogen-bond donors (Lipinski definition) is 1. The molecule has 1 fully saturated rings. The van der Waals surface area contributed by atoms with E-state index in [1.54, 1.807) is 4.90 Å². The van der Waals surface area contributed by atoms with Gasteiger partial charge in [0.25, 0.3) is 5.91 Å². The van der Waals surface area contributed by atoms with Crippen molar-refractivity contribution in [3.63, 3.8) is 0 Å². The number of nitrogens with one attached hydrogen (secondary N) is 1. The number of nitrogens with zero attached hydrogens (tertiary/aromatic N) is 4. The van der Waals surface area contributed by atoms with Crippen molar-refractivity contribution >= 4 is 17.5 Å². The van der Waals surface area contributed by atoms with E-state index >= 15 is 0 Å². The van der Waals surface area contributed by atoms with Gasteiger partial charge in [-0.25, -0.2) is 15.0 Å². The van der Waals surface area contributed by atoms with Gasteiger partial charge in [-0.1, -0.05) is 11.6 Å². The largest absolute Gasteiger partial charge is 0.458 e. The first-order valence-electron chi connectivity index (χ1n) is 6.64. The third-order valence-electron chi connectivity index (χ3n) is 3.26. The molecular formula is C13H14ClN5O2. The predicted octanol–water partition coefficient (Wildman–Crippen LogP) is 1.54. The summed E-state index contributed by atoms with van der Waals surface area (Å²) in [7, 11) is 0. The molecule has 1 N–H and O–H groups in total. The van der Waals surface area contributed by atoms with Gasteiger partial charge in [-0.15, -0.1) is 0 Å². The summed E-state index contributed by atoms with van der Waals surface area (Å²) in [6, 6.07) is 0.278. The van der Waals surface area contributed by atoms with Gasteiger partial charge in [0, 0.05) is 6.54 Å². The Labute approximate surface area is 126 Å². The Kier molecular flexibility index (Phi) is 4.01. The fourth-order valence-electron chi connectivity index (χ4n) is 2.27. The second kappa shape index (κ2) is 6.09. The highest BCUT2D eigenvalue weighted by Gasteiger charge is 2.26. The van der Waals surface area contributed by atoms with Crippen molar-refractivity contribution in [2.24, 2.45) is 0 Å². The minimum Gasteiger partial charge on any atom is -0.458 e. The molecule has 0 aliphatic carbocycles. The number of likely N-dealkylation sites (tertiary alicyclic amines) is 1. The van der Waals surface area contributed by atoms with Crippen LogP contribution in [0.1, 0.15) is 23.3 Å². The molecule has 0 radical (unpaired) electrons. The van der Waals surface area contributed by atoms with Gasteiger partial charge < -0.3 is 14.6 Å². The van der Waals surface area contributed by atoms with Crippen LogP contribution >= 0.6 is 11.6 Å². The third-order valence-corrected chi connectivity index (χ3v) is 3.46. The molecule has 8 heteroatoms. The molecular weight excluding hydrogens is 294 g/mol. The average Bonchev–Trinajstić information content (AvgIpc) is 3.03. The smallest absolute Gasteiger partial charge is 0.316 e. The highest BCUT2D eigenvalue weighted by molar-refractivity contribution is 6.30. The van der Waals surface area contributed by atoms with E-state index in [-0.39, 0.29) is 18.0 Å². The van der Waals surface area contributed by atoms with Crippen LogP contribution in [0.2, 0.25) is 5.02 Å². The van der Waals surface area contributed by atoms with Crippen molar-refractivity contribution in [3.8, 4) is 6.01 Å². The van der Waals surface area contributed by atoms with Crippen LogP contribution in [0.4, 0.5) is 0 Å². The van der Waals surface area contributed by atoms with Crippen LogP contribution in [-0.4, -0.2) is 49.9 Å². The lowest BCUT2D eigenvalue weighted by molar-refractivity contribution is 0.0511. The molecule has 1 saturated heterocycles. The summed E-state index contributed by atoms with van der Waals surface area (Å²) in [5, 5.41) is 0.460. The first-order valence-corrected chi connectivity index (χ1v) is 7.02. The van der Waals surface area contributed by atoms with Crippen LogP contribution in [0.5, 0.6) is 6.01 Å². The standard InChI is InChI=1S/C13H14ClN5O2/c14-9-4-16-13(17-5-9)21-10-2-1-3-19(7-10)12(20)11-6-15-8-18-11/h4-6,8,10H,1-3,7H2,(H,15,18). The highest BCUT2D eigenvalue weighted by atomic mass is 35.5. The lowest BCUT2D eigenvalue weighted by Crippen LogP contribution is -2.44. The molecule has 2 aromatic rings. The average molecular weight is 308 g/mol. The normalized spacial score (nSPS) is 18.5. The Balaban J connectivity index is 1.63. The number of piperidine rings is 1. The number of rotatable bonds is 3. The molecule has 0 aromatic carbocycles. The van der Waals surface area contributed by atoms with E-state index in [1.165, 1.54) is 24.9 Å². The summed E-state index contributed by atoms with van der Waals surface area (Å²) in [6.07, 6.45) is 7.60. The summed E-state index contributed by atoms with van der Waals surface area (Å²) >= 11 is 5.73. The predicted molar refractivity (Wildman–Crippen MR) is 75.2 cm³/mol. The maximum absolute atomic E-state index is 12.3. The van der Waals surface area contributed by atoms with Crippen molar-refractivity contribution in [2.75, 3.05) is 13.1 Å². The zero-order valence-electron chi connectivity index (χ0n) is 11.2. The Morgan fingerprint density at radius 1 is 1.38 bits per heavy atom. The Bertz CT molecular complexity index is 602. The number of carbonyl (C=O) groups excluding carboxylic acids is 1. The fourth-order valence-corrected chi connectivity index (χ4v) is 2.37. The molecule has 1 aliphatic rings. The van der Waals surface area contributed by atoms with Crippen LogP contribution < -0.4 is 4.74 Å². The zero-order valence-corrected chi connectivity index (χ0v) is 12.0. The summed E-state index contributed by atoms with van der Waals surface area (Å²) in [4.78, 5) is 28.7. The van der Waals surface area contributed by atoms with E-state index in [2.05, 4.69) is 19.9 Å². The quantitative estimate of drug-likeness (QED) is 0.929. The third kappa shape index (κ3) is 3.30. The summed E-state index contributed by atoms with van der Waals surface area (Å²) in [5.74, 6) is -0.0715. The van der Waals surface area contributed by atoms with Gasteiger partial charge in [-0.3, -0.25) is 4.79 Å². The molecule has 110 valence electrons. The fraction of sp³-hybridized carbons (Fsp3) is 0.385. The van der Waals surface area contributed by atoms with E-state index in [4.69, 9.17) is 16.3 Å². The molecule has 3 rings (SSSR count). The molecule has 1 amide bonds. The molecule has 21 heavy (non-hydrogen) atoms. The van der Waals surface area contributed by atoms with Crippen molar-refractivity contribution in [1.82, 2.24) is 24.8 Å². The number of H-pyrrole nitrogens is 1. The first-order chi connectivity index (χ1) is 10.2. The Hall–Kier alpha value is -2.15. The topological polar surface area (TPSA) is 84.0 Å². The monoisotopic (exact) mass is 307 g/mol. The van der Waals surface area contributed by atoms with Gasteiger partial charge in [0.2, 0.25) is 0 Å². The van der Waals surface area contributed by atoms with Gasteiger partial charge >= 0.3 is 6.01 Å². The molecule has 0 saturated carbocycles. The van der Waals surface area contributed by atoms with E-state index in [0.29, 0.717) is 23.8 Å². The van der Waals surface area contributed by atoms with Crippen molar-refractivity contribution in [3.05, 3.63) is 35.6 Å². The number of carbonyl (C=O) groups is 1. The number of aromatic nitrogens is 4. The summed E-state index contributed by atoms with van der Waals surface area (Å²) < 4.78 is 5.71. The summed E-state index contributed by atoms with van der Waals surface area (Å²) in [6.45, 7) is 1.21. The first kappa shape index (κ1) is 13.8. The SMILES string of the molecule is O=C(c1cnc[nH]1)N1CCCC(Oc2ncc(Cl)cn2)C1. The Morgan fingerprint density at radius 2 is 2.19 bits per heavy atom. The van der Waals surface area contributed by atoms with Gasteiger partial charge in [-0.2, -0.15) is 0 Å². The molecule has 0 spiro atoms. The van der Waals surface area contributed by atoms with Crippen LogP contribution in [0.25, 0.3) is 0 Å². The number of aromatic amines is 1. The van der Waals surface area contributed by atoms with Gasteiger partial charge in [0.1, 0.15) is 11.8 Å². The van der Waals surface area contributed by atoms with Crippen LogP contribution in [0, 0.1) is 0 Å². The number of hydrogen-bond acceptors (Lipinski definition) is 5. The van der Waals surface area contributed by atoms with E-state index < -0.39 is 0 Å². The van der Waals surface area contributed by atoms with E-state index in [1.807, 2.05) is 0 Å². The minimum absolute atomic E-state index is 0.0715. The maximum atomic E-state index is 12.3. The lowest BCUT2D eigenvalue weighted by atomic mass is 10.1. The maximum Gasteiger partial charge on any atom is 0.316 e. The molecule has 7 nitrogen and oxygen atoms in total. The van der Waals surface area contributed by atoms with Gasteiger partial charge in [0.15, 0.2) is 0 Å². The van der Waals surface area contributed by atoms with E-state index in [0.717, 1.165) is 12.8 Å². The second-order valence-corrected chi connectivity index (χ2v) is 5.22. The minimum atomic E-state index is -0.119. The number of amides is 1. The van der Waals surface area contributed by atoms with Crippen LogP contribution in [0.3, 0.4) is 0 Å². The Morgan fingerprint density at radius 3 is 2.90 bits per heavy atom. The van der Waals surface area contributed by atoms with Crippen molar-refractivity contribution in [2.45, 2.75) is 18.9 Å². The highest BCUT2D eigenvalue weighted by Crippen LogP contribution is 2.17. The number of ether oxygens (including phenoxy) is 1. The molecule has 0 bridgehead atoms. The molecule has 1 aliphatic heterocycles. The zero-order chi connectivity index (χ0) is 14.7. The van der Waals surface area contributed by atoms with Gasteiger partial charge in [-0.05, 0) is 12.8 Å².